The van der Waals surface area contributed by atoms with E-state index in [0.717, 1.165) is 13.1 Å². The Bertz CT molecular complexity index is 417. The van der Waals surface area contributed by atoms with Gasteiger partial charge in [-0.1, -0.05) is 31.7 Å². The molecule has 0 aromatic heterocycles. The molecule has 0 amide bonds. The summed E-state index contributed by atoms with van der Waals surface area (Å²) in [6.07, 6.45) is 8.40. The molecule has 1 aliphatic carbocycles. The molecule has 0 saturated heterocycles. The van der Waals surface area contributed by atoms with E-state index in [1.807, 2.05) is 0 Å². The topological polar surface area (TPSA) is 24.1 Å². The molecule has 2 nitrogen and oxygen atoms in total. The van der Waals surface area contributed by atoms with Crippen molar-refractivity contribution in [1.29, 1.82) is 0 Å². The van der Waals surface area contributed by atoms with Gasteiger partial charge in [0.2, 0.25) is 0 Å². The van der Waals surface area contributed by atoms with Gasteiger partial charge in [0.1, 0.15) is 0 Å². The lowest BCUT2D eigenvalue weighted by Gasteiger charge is -2.31. The van der Waals surface area contributed by atoms with Gasteiger partial charge in [-0.2, -0.15) is 0 Å². The van der Waals surface area contributed by atoms with E-state index in [9.17, 15) is 0 Å². The smallest absolute Gasteiger partial charge is 0.0578 e. The first-order valence-electron chi connectivity index (χ1n) is 7.36. The summed E-state index contributed by atoms with van der Waals surface area (Å²) in [6.45, 7) is 4.43. The van der Waals surface area contributed by atoms with Crippen molar-refractivity contribution in [3.63, 3.8) is 0 Å². The number of rotatable bonds is 0. The van der Waals surface area contributed by atoms with Crippen LogP contribution in [0, 0.1) is 12.3 Å². The van der Waals surface area contributed by atoms with Crippen LogP contribution in [0.4, 0.5) is 11.4 Å². The fraction of sp³-hybridized carbons (Fsp3) is 0.625. The van der Waals surface area contributed by atoms with E-state index in [2.05, 4.69) is 35.8 Å². The minimum atomic E-state index is 0.476. The SMILES string of the molecule is Cc1ccc2c(c1)NCC1(CCCCCC1)CN2. The molecule has 1 fully saturated rings. The molecule has 1 aliphatic heterocycles. The monoisotopic (exact) mass is 244 g/mol. The molecule has 2 heteroatoms. The highest BCUT2D eigenvalue weighted by atomic mass is 15.0. The Labute approximate surface area is 110 Å². The fourth-order valence-corrected chi connectivity index (χ4v) is 3.42. The lowest BCUT2D eigenvalue weighted by molar-refractivity contribution is 0.286. The maximum atomic E-state index is 3.69. The number of benzene rings is 1. The van der Waals surface area contributed by atoms with Crippen LogP contribution < -0.4 is 10.6 Å². The summed E-state index contributed by atoms with van der Waals surface area (Å²) in [4.78, 5) is 0. The van der Waals surface area contributed by atoms with Crippen LogP contribution in [0.5, 0.6) is 0 Å². The van der Waals surface area contributed by atoms with Gasteiger partial charge in [0.05, 0.1) is 11.4 Å². The second-order valence-electron chi connectivity index (χ2n) is 6.17. The predicted molar refractivity (Wildman–Crippen MR) is 78.3 cm³/mol. The van der Waals surface area contributed by atoms with Gasteiger partial charge in [0.25, 0.3) is 0 Å². The van der Waals surface area contributed by atoms with Gasteiger partial charge in [0.15, 0.2) is 0 Å². The molecule has 0 atom stereocenters. The zero-order valence-corrected chi connectivity index (χ0v) is 11.4. The molecule has 2 N–H and O–H groups in total. The normalized spacial score (nSPS) is 22.3. The number of hydrogen-bond acceptors (Lipinski definition) is 2. The zero-order chi connectivity index (χ0) is 12.4. The van der Waals surface area contributed by atoms with Crippen molar-refractivity contribution in [1.82, 2.24) is 0 Å². The number of hydrogen-bond donors (Lipinski definition) is 2. The first-order valence-corrected chi connectivity index (χ1v) is 7.36. The average Bonchev–Trinajstić information content (AvgIpc) is 2.70. The minimum Gasteiger partial charge on any atom is -0.383 e. The van der Waals surface area contributed by atoms with Crippen molar-refractivity contribution < 1.29 is 0 Å². The molecule has 0 bridgehead atoms. The third kappa shape index (κ3) is 2.33. The Kier molecular flexibility index (Phi) is 3.19. The highest BCUT2D eigenvalue weighted by Gasteiger charge is 2.32. The Hall–Kier alpha value is -1.18. The average molecular weight is 244 g/mol. The minimum absolute atomic E-state index is 0.476. The maximum absolute atomic E-state index is 3.69. The Morgan fingerprint density at radius 1 is 0.889 bits per heavy atom. The highest BCUT2D eigenvalue weighted by Crippen LogP contribution is 2.39. The van der Waals surface area contributed by atoms with Crippen molar-refractivity contribution in [2.24, 2.45) is 5.41 Å². The van der Waals surface area contributed by atoms with E-state index in [-0.39, 0.29) is 0 Å². The molecule has 3 rings (SSSR count). The summed E-state index contributed by atoms with van der Waals surface area (Å²) >= 11 is 0. The Morgan fingerprint density at radius 3 is 2.28 bits per heavy atom. The Morgan fingerprint density at radius 2 is 1.56 bits per heavy atom. The molecule has 1 heterocycles. The van der Waals surface area contributed by atoms with Gasteiger partial charge in [-0.25, -0.2) is 0 Å². The van der Waals surface area contributed by atoms with Gasteiger partial charge in [-0.15, -0.1) is 0 Å². The van der Waals surface area contributed by atoms with Gasteiger partial charge in [-0.05, 0) is 37.5 Å². The Balaban J connectivity index is 1.81. The molecule has 98 valence electrons. The summed E-state index contributed by atoms with van der Waals surface area (Å²) in [5.74, 6) is 0. The predicted octanol–water partition coefficient (Wildman–Crippen LogP) is 4.17. The molecule has 1 aromatic rings. The van der Waals surface area contributed by atoms with E-state index in [4.69, 9.17) is 0 Å². The molecule has 2 aliphatic rings. The summed E-state index contributed by atoms with van der Waals surface area (Å²) < 4.78 is 0. The van der Waals surface area contributed by atoms with Gasteiger partial charge in [0, 0.05) is 18.5 Å². The molecule has 18 heavy (non-hydrogen) atoms. The quantitative estimate of drug-likeness (QED) is 0.715. The summed E-state index contributed by atoms with van der Waals surface area (Å²) in [5.41, 5.74) is 4.38. The molecule has 1 spiro atoms. The van der Waals surface area contributed by atoms with E-state index in [1.54, 1.807) is 0 Å². The molecular weight excluding hydrogens is 220 g/mol. The van der Waals surface area contributed by atoms with E-state index in [0.29, 0.717) is 5.41 Å². The second-order valence-corrected chi connectivity index (χ2v) is 6.17. The summed E-state index contributed by atoms with van der Waals surface area (Å²) in [6, 6.07) is 6.67. The van der Waals surface area contributed by atoms with E-state index >= 15 is 0 Å². The molecule has 0 radical (unpaired) electrons. The number of fused-ring (bicyclic) bond motifs is 1. The van der Waals surface area contributed by atoms with Crippen LogP contribution in [-0.2, 0) is 0 Å². The maximum Gasteiger partial charge on any atom is 0.0578 e. The lowest BCUT2D eigenvalue weighted by atomic mass is 9.80. The molecule has 1 aromatic carbocycles. The van der Waals surface area contributed by atoms with Crippen LogP contribution in [-0.4, -0.2) is 13.1 Å². The van der Waals surface area contributed by atoms with Crippen LogP contribution in [0.25, 0.3) is 0 Å². The standard InChI is InChI=1S/C16H24N2/c1-13-6-7-14-15(10-13)18-12-16(11-17-14)8-4-2-3-5-9-16/h6-7,10,17-18H,2-5,8-9,11-12H2,1H3. The van der Waals surface area contributed by atoms with Crippen LogP contribution in [0.15, 0.2) is 18.2 Å². The van der Waals surface area contributed by atoms with E-state index in [1.165, 1.54) is 55.5 Å². The van der Waals surface area contributed by atoms with Crippen LogP contribution >= 0.6 is 0 Å². The van der Waals surface area contributed by atoms with Crippen LogP contribution in [0.3, 0.4) is 0 Å². The van der Waals surface area contributed by atoms with Crippen molar-refractivity contribution in [2.45, 2.75) is 45.4 Å². The summed E-state index contributed by atoms with van der Waals surface area (Å²) in [7, 11) is 0. The first-order chi connectivity index (χ1) is 8.77. The number of aryl methyl sites for hydroxylation is 1. The van der Waals surface area contributed by atoms with Crippen molar-refractivity contribution in [3.05, 3.63) is 23.8 Å². The van der Waals surface area contributed by atoms with Gasteiger partial charge in [-0.3, -0.25) is 0 Å². The second kappa shape index (κ2) is 4.83. The zero-order valence-electron chi connectivity index (χ0n) is 11.4. The third-order valence-electron chi connectivity index (χ3n) is 4.65. The number of anilines is 2. The largest absolute Gasteiger partial charge is 0.383 e. The fourth-order valence-electron chi connectivity index (χ4n) is 3.42. The van der Waals surface area contributed by atoms with Crippen molar-refractivity contribution in [3.8, 4) is 0 Å². The first kappa shape index (κ1) is 11.9. The van der Waals surface area contributed by atoms with Gasteiger partial charge >= 0.3 is 0 Å². The molecule has 0 unspecified atom stereocenters. The molecule has 1 saturated carbocycles. The van der Waals surface area contributed by atoms with Crippen LogP contribution in [0.2, 0.25) is 0 Å². The van der Waals surface area contributed by atoms with Crippen molar-refractivity contribution >= 4 is 11.4 Å². The van der Waals surface area contributed by atoms with Crippen LogP contribution in [0.1, 0.15) is 44.1 Å². The molecular formula is C16H24N2. The van der Waals surface area contributed by atoms with Crippen molar-refractivity contribution in [2.75, 3.05) is 23.7 Å². The van der Waals surface area contributed by atoms with E-state index < -0.39 is 0 Å². The third-order valence-corrected chi connectivity index (χ3v) is 4.65. The number of nitrogens with one attached hydrogen (secondary N) is 2. The van der Waals surface area contributed by atoms with Gasteiger partial charge < -0.3 is 10.6 Å². The highest BCUT2D eigenvalue weighted by molar-refractivity contribution is 5.70. The summed E-state index contributed by atoms with van der Waals surface area (Å²) in [5, 5.41) is 7.37. The lowest BCUT2D eigenvalue weighted by Crippen LogP contribution is -2.34.